The number of nitrogens with one attached hydrogen (secondary N) is 1. The Morgan fingerprint density at radius 2 is 2.33 bits per heavy atom. The van der Waals surface area contributed by atoms with Crippen LogP contribution >= 0.6 is 0 Å². The molecule has 10 heteroatoms. The molecule has 0 unspecified atom stereocenters. The number of amides is 1. The normalized spacial score (nSPS) is 18.4. The highest BCUT2D eigenvalue weighted by molar-refractivity contribution is 7.91. The maximum absolute atomic E-state index is 12.3. The Hall–Kier alpha value is -1.78. The first kappa shape index (κ1) is 18.6. The van der Waals surface area contributed by atoms with Gasteiger partial charge < -0.3 is 19.7 Å². The summed E-state index contributed by atoms with van der Waals surface area (Å²) in [4.78, 5) is 22.4. The molecule has 0 aromatic carbocycles. The molecular weight excluding hydrogens is 336 g/mol. The summed E-state index contributed by atoms with van der Waals surface area (Å²) in [5.74, 6) is 0.0270. The molecule has 134 valence electrons. The molecule has 1 aromatic heterocycles. The minimum absolute atomic E-state index is 0.233. The Labute approximate surface area is 141 Å². The molecule has 1 aliphatic rings. The quantitative estimate of drug-likeness (QED) is 0.648. The topological polar surface area (TPSA) is 111 Å². The number of hydrogen-bond donors (Lipinski definition) is 1. The van der Waals surface area contributed by atoms with Crippen molar-refractivity contribution < 1.29 is 22.7 Å². The standard InChI is InChI=1S/C14H22N4O5S/c1-22-7-5-15-12-3-4-16-14(17-12)11-9-23-8-6-18(11)13(19)10-24(2,20)21/h3-4,11H,5-10H2,1-2H3,(H,15,16,17)/t11-/m1/s1. The number of ether oxygens (including phenoxy) is 2. The molecule has 1 amide bonds. The lowest BCUT2D eigenvalue weighted by molar-refractivity contribution is -0.137. The molecule has 2 heterocycles. The van der Waals surface area contributed by atoms with Crippen molar-refractivity contribution in [3.8, 4) is 0 Å². The number of rotatable bonds is 7. The third-order valence-corrected chi connectivity index (χ3v) is 4.19. The van der Waals surface area contributed by atoms with E-state index in [2.05, 4.69) is 15.3 Å². The van der Waals surface area contributed by atoms with E-state index in [1.807, 2.05) is 0 Å². The summed E-state index contributed by atoms with van der Waals surface area (Å²) in [6.07, 6.45) is 2.63. The van der Waals surface area contributed by atoms with Gasteiger partial charge in [0, 0.05) is 32.7 Å². The summed E-state index contributed by atoms with van der Waals surface area (Å²) in [7, 11) is -1.79. The van der Waals surface area contributed by atoms with Crippen LogP contribution in [-0.2, 0) is 24.1 Å². The molecule has 1 aliphatic heterocycles. The molecule has 1 atom stereocenters. The molecule has 0 radical (unpaired) electrons. The maximum Gasteiger partial charge on any atom is 0.238 e. The molecule has 2 rings (SSSR count). The smallest absolute Gasteiger partial charge is 0.238 e. The Morgan fingerprint density at radius 3 is 3.04 bits per heavy atom. The van der Waals surface area contributed by atoms with Crippen LogP contribution in [0.3, 0.4) is 0 Å². The third-order valence-electron chi connectivity index (χ3n) is 3.42. The summed E-state index contributed by atoms with van der Waals surface area (Å²) in [5.41, 5.74) is 0. The van der Waals surface area contributed by atoms with Gasteiger partial charge in [0.15, 0.2) is 15.7 Å². The van der Waals surface area contributed by atoms with Gasteiger partial charge in [-0.1, -0.05) is 0 Å². The van der Waals surface area contributed by atoms with Gasteiger partial charge in [-0.15, -0.1) is 0 Å². The summed E-state index contributed by atoms with van der Waals surface area (Å²) >= 11 is 0. The number of morpholine rings is 1. The van der Waals surface area contributed by atoms with Crippen LogP contribution in [0.1, 0.15) is 11.9 Å². The monoisotopic (exact) mass is 358 g/mol. The molecule has 1 N–H and O–H groups in total. The van der Waals surface area contributed by atoms with Crippen molar-refractivity contribution >= 4 is 21.6 Å². The fraction of sp³-hybridized carbons (Fsp3) is 0.643. The molecule has 0 saturated carbocycles. The van der Waals surface area contributed by atoms with Crippen molar-refractivity contribution in [3.63, 3.8) is 0 Å². The lowest BCUT2D eigenvalue weighted by atomic mass is 10.2. The molecule has 0 bridgehead atoms. The van der Waals surface area contributed by atoms with Crippen LogP contribution in [0.5, 0.6) is 0 Å². The molecule has 1 saturated heterocycles. The number of anilines is 1. The van der Waals surface area contributed by atoms with Crippen LogP contribution < -0.4 is 5.32 Å². The van der Waals surface area contributed by atoms with Gasteiger partial charge in [0.1, 0.15) is 17.6 Å². The highest BCUT2D eigenvalue weighted by Crippen LogP contribution is 2.22. The number of carbonyl (C=O) groups excluding carboxylic acids is 1. The van der Waals surface area contributed by atoms with Crippen molar-refractivity contribution in [1.29, 1.82) is 0 Å². The molecule has 1 fully saturated rings. The van der Waals surface area contributed by atoms with E-state index in [0.29, 0.717) is 37.9 Å². The first-order chi connectivity index (χ1) is 11.4. The molecule has 1 aromatic rings. The van der Waals surface area contributed by atoms with E-state index in [9.17, 15) is 13.2 Å². The summed E-state index contributed by atoms with van der Waals surface area (Å²) in [6, 6.07) is 1.21. The van der Waals surface area contributed by atoms with Crippen LogP contribution in [0.4, 0.5) is 5.82 Å². The predicted octanol–water partition coefficient (Wildman–Crippen LogP) is -0.521. The molecular formula is C14H22N4O5S. The van der Waals surface area contributed by atoms with Gasteiger partial charge >= 0.3 is 0 Å². The van der Waals surface area contributed by atoms with Crippen LogP contribution in [0.25, 0.3) is 0 Å². The second-order valence-electron chi connectivity index (χ2n) is 5.47. The number of sulfone groups is 1. The fourth-order valence-electron chi connectivity index (χ4n) is 2.34. The van der Waals surface area contributed by atoms with Crippen molar-refractivity contribution in [2.24, 2.45) is 0 Å². The summed E-state index contributed by atoms with van der Waals surface area (Å²) in [5, 5.41) is 3.09. The Kier molecular flexibility index (Phi) is 6.46. The third kappa shape index (κ3) is 5.39. The first-order valence-corrected chi connectivity index (χ1v) is 9.57. The maximum atomic E-state index is 12.3. The number of hydrogen-bond acceptors (Lipinski definition) is 8. The second-order valence-corrected chi connectivity index (χ2v) is 7.61. The Morgan fingerprint density at radius 1 is 1.54 bits per heavy atom. The van der Waals surface area contributed by atoms with Crippen LogP contribution in [0.2, 0.25) is 0 Å². The van der Waals surface area contributed by atoms with E-state index in [-0.39, 0.29) is 6.61 Å². The van der Waals surface area contributed by atoms with Crippen molar-refractivity contribution in [1.82, 2.24) is 14.9 Å². The lowest BCUT2D eigenvalue weighted by Gasteiger charge is -2.34. The number of methoxy groups -OCH3 is 1. The highest BCUT2D eigenvalue weighted by Gasteiger charge is 2.32. The lowest BCUT2D eigenvalue weighted by Crippen LogP contribution is -2.46. The van der Waals surface area contributed by atoms with Gasteiger partial charge in [-0.3, -0.25) is 4.79 Å². The van der Waals surface area contributed by atoms with Crippen molar-refractivity contribution in [2.45, 2.75) is 6.04 Å². The Balaban J connectivity index is 2.14. The fourth-order valence-corrected chi connectivity index (χ4v) is 2.95. The van der Waals surface area contributed by atoms with Gasteiger partial charge in [0.05, 0.1) is 19.8 Å². The largest absolute Gasteiger partial charge is 0.383 e. The molecule has 24 heavy (non-hydrogen) atoms. The van der Waals surface area contributed by atoms with E-state index >= 15 is 0 Å². The van der Waals surface area contributed by atoms with E-state index in [1.54, 1.807) is 19.4 Å². The molecule has 0 spiro atoms. The summed E-state index contributed by atoms with van der Waals surface area (Å²) in [6.45, 7) is 2.02. The van der Waals surface area contributed by atoms with Gasteiger partial charge in [0.2, 0.25) is 5.91 Å². The van der Waals surface area contributed by atoms with Crippen molar-refractivity contribution in [2.75, 3.05) is 57.3 Å². The summed E-state index contributed by atoms with van der Waals surface area (Å²) < 4.78 is 33.2. The average molecular weight is 358 g/mol. The highest BCUT2D eigenvalue weighted by atomic mass is 32.2. The van der Waals surface area contributed by atoms with Crippen LogP contribution in [0, 0.1) is 0 Å². The van der Waals surface area contributed by atoms with E-state index in [1.165, 1.54) is 4.90 Å². The molecule has 0 aliphatic carbocycles. The van der Waals surface area contributed by atoms with Gasteiger partial charge in [-0.25, -0.2) is 18.4 Å². The zero-order valence-electron chi connectivity index (χ0n) is 13.8. The van der Waals surface area contributed by atoms with Gasteiger partial charge in [0.25, 0.3) is 0 Å². The number of nitrogens with zero attached hydrogens (tertiary/aromatic N) is 3. The minimum Gasteiger partial charge on any atom is -0.383 e. The van der Waals surface area contributed by atoms with E-state index in [4.69, 9.17) is 9.47 Å². The van der Waals surface area contributed by atoms with E-state index < -0.39 is 27.5 Å². The Bertz CT molecular complexity index is 667. The van der Waals surface area contributed by atoms with Gasteiger partial charge in [-0.05, 0) is 6.07 Å². The average Bonchev–Trinajstić information content (AvgIpc) is 2.54. The second kappa shape index (κ2) is 8.36. The zero-order chi connectivity index (χ0) is 17.6. The SMILES string of the molecule is COCCNc1ccnc([C@H]2COCCN2C(=O)CS(C)(=O)=O)n1. The first-order valence-electron chi connectivity index (χ1n) is 7.51. The number of aromatic nitrogens is 2. The van der Waals surface area contributed by atoms with Crippen molar-refractivity contribution in [3.05, 3.63) is 18.1 Å². The van der Waals surface area contributed by atoms with E-state index in [0.717, 1.165) is 6.26 Å². The minimum atomic E-state index is -3.40. The van der Waals surface area contributed by atoms with Crippen LogP contribution in [0.15, 0.2) is 12.3 Å². The number of carbonyl (C=O) groups is 1. The predicted molar refractivity (Wildman–Crippen MR) is 87.4 cm³/mol. The van der Waals surface area contributed by atoms with Crippen LogP contribution in [-0.4, -0.2) is 81.2 Å². The molecule has 9 nitrogen and oxygen atoms in total. The van der Waals surface area contributed by atoms with Gasteiger partial charge in [-0.2, -0.15) is 0 Å². The zero-order valence-corrected chi connectivity index (χ0v) is 14.6.